The second kappa shape index (κ2) is 28.7. The average Bonchev–Trinajstić information content (AvgIpc) is 3.80. The molecule has 0 bridgehead atoms. The van der Waals surface area contributed by atoms with E-state index in [4.69, 9.17) is 11.5 Å². The van der Waals surface area contributed by atoms with Crippen LogP contribution in [0, 0.1) is 5.92 Å². The van der Waals surface area contributed by atoms with Crippen LogP contribution in [-0.4, -0.2) is 113 Å². The van der Waals surface area contributed by atoms with Gasteiger partial charge in [-0.3, -0.25) is 33.6 Å². The largest absolute Gasteiger partial charge is 0.361 e. The summed E-state index contributed by atoms with van der Waals surface area (Å²) in [4.78, 5) is 104. The van der Waals surface area contributed by atoms with Crippen molar-refractivity contribution in [2.45, 2.75) is 114 Å². The van der Waals surface area contributed by atoms with E-state index in [9.17, 15) is 33.6 Å². The number of benzene rings is 4. The molecule has 8 atom stereocenters. The number of nitrogens with one attached hydrogen (secondary N) is 8. The number of aromatic amines is 1. The number of amides is 7. The number of fused-ring (bicyclic) bond motifs is 1. The summed E-state index contributed by atoms with van der Waals surface area (Å²) in [6, 6.07) is 26.5. The molecule has 12 N–H and O–H groups in total. The van der Waals surface area contributed by atoms with Gasteiger partial charge in [-0.1, -0.05) is 145 Å². The fraction of sp³-hybridized carbons (Fsp3) is 0.400. The first-order valence-corrected chi connectivity index (χ1v) is 27.7. The summed E-state index contributed by atoms with van der Waals surface area (Å²) < 4.78 is 0. The standard InChI is InChI=1S/C55H70N10O7S2/c1-34(2)48-55(72)64-44(27-36-17-7-4-8-18-36)51(68)59-35(3)32-73-74-33-41(57)49(66)61-45(28-37-19-9-5-10-20-37)52(69)62-46(29-38-21-11-6-12-22-38)53(70)63-47(30-39-31-58-42-24-14-13-23-40(39)42)54(71)60-43(50(67)65-48)25-15-16-26-56/h4-14,17-24,31,34-35,41,43-48,58H,15-16,25-30,32-33,56-57H2,1-3H3,(H,59,68)(H,60,71)(H,61,66)(H,62,69)(H,63,70)(H,64,72)(H,65,67)/t35-,41+,43+,44+,45+,46+,47-,48+/m1/s1. The summed E-state index contributed by atoms with van der Waals surface area (Å²) in [6.07, 6.45) is 3.11. The van der Waals surface area contributed by atoms with E-state index in [1.54, 1.807) is 20.0 Å². The van der Waals surface area contributed by atoms with Gasteiger partial charge in [-0.05, 0) is 67.0 Å². The zero-order valence-electron chi connectivity index (χ0n) is 42.1. The van der Waals surface area contributed by atoms with Crippen LogP contribution in [0.15, 0.2) is 121 Å². The van der Waals surface area contributed by atoms with E-state index in [-0.39, 0.29) is 43.9 Å². The zero-order chi connectivity index (χ0) is 53.0. The first kappa shape index (κ1) is 56.6. The van der Waals surface area contributed by atoms with Gasteiger partial charge in [0.15, 0.2) is 0 Å². The summed E-state index contributed by atoms with van der Waals surface area (Å²) >= 11 is 0. The Kier molecular flexibility index (Phi) is 22.0. The normalized spacial score (nSPS) is 23.7. The van der Waals surface area contributed by atoms with Gasteiger partial charge in [-0.25, -0.2) is 0 Å². The minimum absolute atomic E-state index is 0.0209. The molecule has 0 saturated carbocycles. The van der Waals surface area contributed by atoms with E-state index in [0.29, 0.717) is 36.3 Å². The second-order valence-electron chi connectivity index (χ2n) is 19.0. The highest BCUT2D eigenvalue weighted by Gasteiger charge is 2.35. The van der Waals surface area contributed by atoms with Crippen molar-refractivity contribution in [1.82, 2.24) is 42.2 Å². The van der Waals surface area contributed by atoms with Crippen molar-refractivity contribution < 1.29 is 33.6 Å². The number of para-hydroxylation sites is 1. The second-order valence-corrected chi connectivity index (χ2v) is 21.6. The Morgan fingerprint density at radius 3 is 1.46 bits per heavy atom. The molecule has 19 heteroatoms. The number of rotatable bonds is 13. The molecule has 1 aliphatic heterocycles. The van der Waals surface area contributed by atoms with Crippen LogP contribution in [0.25, 0.3) is 10.9 Å². The number of unbranched alkanes of at least 4 members (excludes halogenated alkanes) is 1. The Balaban J connectivity index is 1.37. The van der Waals surface area contributed by atoms with Gasteiger partial charge >= 0.3 is 0 Å². The number of carbonyl (C=O) groups excluding carboxylic acids is 7. The van der Waals surface area contributed by atoms with Crippen molar-refractivity contribution in [3.8, 4) is 0 Å². The maximum atomic E-state index is 14.9. The third-order valence-corrected chi connectivity index (χ3v) is 15.3. The molecule has 4 aromatic carbocycles. The van der Waals surface area contributed by atoms with Crippen LogP contribution in [0.4, 0.5) is 0 Å². The Morgan fingerprint density at radius 2 is 0.932 bits per heavy atom. The van der Waals surface area contributed by atoms with Gasteiger partial charge in [-0.15, -0.1) is 0 Å². The molecule has 394 valence electrons. The molecule has 17 nitrogen and oxygen atoms in total. The summed E-state index contributed by atoms with van der Waals surface area (Å²) in [5.74, 6) is -4.16. The quantitative estimate of drug-likeness (QED) is 0.0604. The fourth-order valence-corrected chi connectivity index (χ4v) is 11.0. The Labute approximate surface area is 440 Å². The summed E-state index contributed by atoms with van der Waals surface area (Å²) in [6.45, 7) is 5.70. The molecule has 6 rings (SSSR count). The molecule has 74 heavy (non-hydrogen) atoms. The summed E-state index contributed by atoms with van der Waals surface area (Å²) in [7, 11) is 2.73. The highest BCUT2D eigenvalue weighted by atomic mass is 33.1. The van der Waals surface area contributed by atoms with Gasteiger partial charge in [0.2, 0.25) is 41.4 Å². The van der Waals surface area contributed by atoms with E-state index in [1.165, 1.54) is 21.6 Å². The number of hydrogen-bond donors (Lipinski definition) is 10. The van der Waals surface area contributed by atoms with Crippen LogP contribution >= 0.6 is 21.6 Å². The predicted octanol–water partition coefficient (Wildman–Crippen LogP) is 3.36. The van der Waals surface area contributed by atoms with Gasteiger partial charge in [0.05, 0.1) is 6.04 Å². The molecule has 1 saturated heterocycles. The Morgan fingerprint density at radius 1 is 0.500 bits per heavy atom. The highest BCUT2D eigenvalue weighted by molar-refractivity contribution is 8.76. The van der Waals surface area contributed by atoms with Gasteiger partial charge in [0.25, 0.3) is 0 Å². The van der Waals surface area contributed by atoms with Crippen molar-refractivity contribution in [2.24, 2.45) is 17.4 Å². The van der Waals surface area contributed by atoms with Crippen LogP contribution in [0.2, 0.25) is 0 Å². The minimum Gasteiger partial charge on any atom is -0.361 e. The number of H-pyrrole nitrogens is 1. The third kappa shape index (κ3) is 17.2. The van der Waals surface area contributed by atoms with Crippen LogP contribution in [-0.2, 0) is 59.2 Å². The van der Waals surface area contributed by atoms with Crippen molar-refractivity contribution in [3.05, 3.63) is 144 Å². The zero-order valence-corrected chi connectivity index (χ0v) is 43.8. The average molecular weight is 1050 g/mol. The van der Waals surface area contributed by atoms with Crippen LogP contribution in [0.3, 0.4) is 0 Å². The smallest absolute Gasteiger partial charge is 0.243 e. The number of aromatic nitrogens is 1. The lowest BCUT2D eigenvalue weighted by Crippen LogP contribution is -2.61. The molecule has 7 amide bonds. The van der Waals surface area contributed by atoms with Gasteiger partial charge < -0.3 is 53.7 Å². The third-order valence-electron chi connectivity index (χ3n) is 12.7. The molecular formula is C55H70N10O7S2. The molecule has 0 spiro atoms. The van der Waals surface area contributed by atoms with Gasteiger partial charge in [0.1, 0.15) is 36.3 Å². The van der Waals surface area contributed by atoms with Crippen LogP contribution in [0.1, 0.15) is 62.3 Å². The van der Waals surface area contributed by atoms with E-state index in [1.807, 2.05) is 122 Å². The molecule has 5 aromatic rings. The SMILES string of the molecule is CC(C)[C@@H]1NC(=O)[C@H](CCCCN)NC(=O)[C@@H](Cc2c[nH]c3ccccc23)NC(=O)[C@H](Cc2ccccc2)NC(=O)[C@H](Cc2ccccc2)NC(=O)[C@@H](N)CSSC[C@@H](C)NC(=O)[C@H](Cc2ccccc2)NC1=O. The first-order valence-electron chi connectivity index (χ1n) is 25.2. The molecule has 1 aliphatic rings. The van der Waals surface area contributed by atoms with Gasteiger partial charge in [0, 0.05) is 60.3 Å². The fourth-order valence-electron chi connectivity index (χ4n) is 8.55. The van der Waals surface area contributed by atoms with Crippen molar-refractivity contribution >= 4 is 73.8 Å². The van der Waals surface area contributed by atoms with Crippen LogP contribution < -0.4 is 48.7 Å². The lowest BCUT2D eigenvalue weighted by molar-refractivity contribution is -0.136. The molecule has 0 unspecified atom stereocenters. The van der Waals surface area contributed by atoms with E-state index < -0.39 is 89.6 Å². The predicted molar refractivity (Wildman–Crippen MR) is 292 cm³/mol. The maximum Gasteiger partial charge on any atom is 0.243 e. The summed E-state index contributed by atoms with van der Waals surface area (Å²) in [5.41, 5.74) is 16.1. The lowest BCUT2D eigenvalue weighted by atomic mass is 9.99. The Bertz CT molecular complexity index is 2640. The molecule has 0 radical (unpaired) electrons. The van der Waals surface area contributed by atoms with Gasteiger partial charge in [-0.2, -0.15) is 0 Å². The molecule has 1 aromatic heterocycles. The maximum absolute atomic E-state index is 14.9. The topological polar surface area (TPSA) is 272 Å². The van der Waals surface area contributed by atoms with Crippen molar-refractivity contribution in [1.29, 1.82) is 0 Å². The highest BCUT2D eigenvalue weighted by Crippen LogP contribution is 2.23. The lowest BCUT2D eigenvalue weighted by Gasteiger charge is -2.29. The first-order chi connectivity index (χ1) is 35.7. The number of carbonyl (C=O) groups is 7. The Hall–Kier alpha value is -6.67. The van der Waals surface area contributed by atoms with Crippen LogP contribution in [0.5, 0.6) is 0 Å². The van der Waals surface area contributed by atoms with Crippen molar-refractivity contribution in [2.75, 3.05) is 18.1 Å². The van der Waals surface area contributed by atoms with E-state index in [0.717, 1.165) is 22.0 Å². The number of nitrogens with two attached hydrogens (primary N) is 2. The van der Waals surface area contributed by atoms with Crippen molar-refractivity contribution in [3.63, 3.8) is 0 Å². The van der Waals surface area contributed by atoms with E-state index in [2.05, 4.69) is 42.2 Å². The molecular weight excluding hydrogens is 977 g/mol. The number of hydrogen-bond acceptors (Lipinski definition) is 11. The molecule has 1 fully saturated rings. The van der Waals surface area contributed by atoms with E-state index >= 15 is 0 Å². The molecule has 2 heterocycles. The summed E-state index contributed by atoms with van der Waals surface area (Å²) in [5, 5.41) is 21.2. The minimum atomic E-state index is -1.29. The monoisotopic (exact) mass is 1050 g/mol. The molecule has 0 aliphatic carbocycles.